The molecule has 166 valence electrons. The zero-order valence-corrected chi connectivity index (χ0v) is 18.9. The fourth-order valence-corrected chi connectivity index (χ4v) is 5.50. The summed E-state index contributed by atoms with van der Waals surface area (Å²) in [7, 11) is 0. The van der Waals surface area contributed by atoms with E-state index in [-0.39, 0.29) is 11.5 Å². The van der Waals surface area contributed by atoms with Crippen LogP contribution in [0.5, 0.6) is 0 Å². The van der Waals surface area contributed by atoms with E-state index in [1.807, 2.05) is 59.0 Å². The summed E-state index contributed by atoms with van der Waals surface area (Å²) < 4.78 is 3.75. The first-order valence-electron chi connectivity index (χ1n) is 11.2. The van der Waals surface area contributed by atoms with Crippen LogP contribution in [0.1, 0.15) is 18.9 Å². The summed E-state index contributed by atoms with van der Waals surface area (Å²) in [5, 5.41) is 12.6. The number of hydrogen-bond acceptors (Lipinski definition) is 6. The number of para-hydroxylation sites is 1. The van der Waals surface area contributed by atoms with Crippen LogP contribution in [0, 0.1) is 0 Å². The van der Waals surface area contributed by atoms with E-state index in [1.165, 1.54) is 16.3 Å². The van der Waals surface area contributed by atoms with E-state index >= 15 is 0 Å². The van der Waals surface area contributed by atoms with Crippen LogP contribution in [0.3, 0.4) is 0 Å². The molecule has 2 aromatic heterocycles. The molecule has 7 nitrogen and oxygen atoms in total. The number of benzene rings is 2. The monoisotopic (exact) mass is 456 g/mol. The molecule has 0 atom stereocenters. The van der Waals surface area contributed by atoms with Gasteiger partial charge in [0.25, 0.3) is 0 Å². The average Bonchev–Trinajstić information content (AvgIpc) is 3.54. The lowest BCUT2D eigenvalue weighted by Crippen LogP contribution is -2.35. The molecule has 33 heavy (non-hydrogen) atoms. The summed E-state index contributed by atoms with van der Waals surface area (Å²) in [6, 6.07) is 20.3. The first-order chi connectivity index (χ1) is 16.3. The van der Waals surface area contributed by atoms with Gasteiger partial charge in [-0.2, -0.15) is 10.2 Å². The standard InChI is InChI=1S/C25H24N6OS/c32-23-11-15-30(28-25(23)22-8-12-27-31(22)19-4-2-1-3-5-19)18-9-13-29(14-10-18)20-6-7-21-24(16-20)33-17-26-21/h1-8,11-12,15-16,18,26H,9-10,13-14,17H2. The van der Waals surface area contributed by atoms with Crippen molar-refractivity contribution >= 4 is 23.1 Å². The Morgan fingerprint density at radius 2 is 1.82 bits per heavy atom. The van der Waals surface area contributed by atoms with E-state index in [0.29, 0.717) is 11.4 Å². The van der Waals surface area contributed by atoms with E-state index in [0.717, 1.165) is 37.5 Å². The molecule has 1 fully saturated rings. The summed E-state index contributed by atoms with van der Waals surface area (Å²) in [5.41, 5.74) is 4.48. The molecule has 0 amide bonds. The maximum Gasteiger partial charge on any atom is 0.209 e. The lowest BCUT2D eigenvalue weighted by atomic mass is 10.0. The van der Waals surface area contributed by atoms with Crippen molar-refractivity contribution < 1.29 is 0 Å². The third-order valence-electron chi connectivity index (χ3n) is 6.37. The predicted molar refractivity (Wildman–Crippen MR) is 132 cm³/mol. The Labute approximate surface area is 196 Å². The summed E-state index contributed by atoms with van der Waals surface area (Å²) >= 11 is 1.86. The predicted octanol–water partition coefficient (Wildman–Crippen LogP) is 4.41. The topological polar surface area (TPSA) is 68.0 Å². The lowest BCUT2D eigenvalue weighted by Gasteiger charge is -2.34. The van der Waals surface area contributed by atoms with Gasteiger partial charge in [0.15, 0.2) is 5.69 Å². The van der Waals surface area contributed by atoms with E-state index in [9.17, 15) is 4.79 Å². The molecular formula is C25H24N6OS. The molecule has 0 unspecified atom stereocenters. The second-order valence-electron chi connectivity index (χ2n) is 8.34. The molecule has 0 bridgehead atoms. The van der Waals surface area contributed by atoms with Gasteiger partial charge in [-0.05, 0) is 49.2 Å². The molecular weight excluding hydrogens is 432 g/mol. The molecule has 0 aliphatic carbocycles. The van der Waals surface area contributed by atoms with Crippen molar-refractivity contribution in [3.8, 4) is 17.1 Å². The third kappa shape index (κ3) is 3.80. The van der Waals surface area contributed by atoms with Crippen molar-refractivity contribution in [2.45, 2.75) is 23.8 Å². The molecule has 6 rings (SSSR count). The summed E-state index contributed by atoms with van der Waals surface area (Å²) in [6.07, 6.45) is 5.50. The molecule has 4 heterocycles. The van der Waals surface area contributed by atoms with Crippen LogP contribution >= 0.6 is 11.8 Å². The van der Waals surface area contributed by atoms with Gasteiger partial charge in [0, 0.05) is 41.6 Å². The molecule has 0 saturated carbocycles. The highest BCUT2D eigenvalue weighted by Crippen LogP contribution is 2.37. The largest absolute Gasteiger partial charge is 0.375 e. The first kappa shape index (κ1) is 20.1. The third-order valence-corrected chi connectivity index (χ3v) is 7.31. The second-order valence-corrected chi connectivity index (χ2v) is 9.35. The highest BCUT2D eigenvalue weighted by atomic mass is 32.2. The van der Waals surface area contributed by atoms with Crippen LogP contribution in [-0.2, 0) is 0 Å². The minimum absolute atomic E-state index is 0.0920. The minimum atomic E-state index is -0.0920. The molecule has 1 saturated heterocycles. The maximum atomic E-state index is 12.7. The Morgan fingerprint density at radius 3 is 2.67 bits per heavy atom. The van der Waals surface area contributed by atoms with Gasteiger partial charge in [-0.15, -0.1) is 11.8 Å². The number of aromatic nitrogens is 4. The Balaban J connectivity index is 1.23. The van der Waals surface area contributed by atoms with Gasteiger partial charge in [0.1, 0.15) is 0 Å². The van der Waals surface area contributed by atoms with Gasteiger partial charge in [0.05, 0.1) is 29.5 Å². The molecule has 8 heteroatoms. The molecule has 2 aromatic carbocycles. The van der Waals surface area contributed by atoms with Crippen LogP contribution in [-0.4, -0.2) is 38.5 Å². The van der Waals surface area contributed by atoms with Crippen molar-refractivity contribution in [3.05, 3.63) is 83.3 Å². The Bertz CT molecular complexity index is 1340. The molecule has 2 aliphatic heterocycles. The van der Waals surface area contributed by atoms with E-state index in [4.69, 9.17) is 5.10 Å². The molecule has 0 spiro atoms. The fourth-order valence-electron chi connectivity index (χ4n) is 4.61. The average molecular weight is 457 g/mol. The van der Waals surface area contributed by atoms with Crippen molar-refractivity contribution in [1.29, 1.82) is 0 Å². The van der Waals surface area contributed by atoms with E-state index in [1.54, 1.807) is 16.9 Å². The number of piperidine rings is 1. The van der Waals surface area contributed by atoms with Gasteiger partial charge >= 0.3 is 0 Å². The second kappa shape index (κ2) is 8.44. The van der Waals surface area contributed by atoms with Crippen molar-refractivity contribution in [2.24, 2.45) is 0 Å². The number of anilines is 2. The number of nitrogens with one attached hydrogen (secondary N) is 1. The summed E-state index contributed by atoms with van der Waals surface area (Å²) in [6.45, 7) is 1.93. The highest BCUT2D eigenvalue weighted by molar-refractivity contribution is 7.99. The van der Waals surface area contributed by atoms with Crippen LogP contribution in [0.4, 0.5) is 11.4 Å². The minimum Gasteiger partial charge on any atom is -0.375 e. The molecule has 2 aliphatic rings. The van der Waals surface area contributed by atoms with Crippen LogP contribution in [0.25, 0.3) is 17.1 Å². The van der Waals surface area contributed by atoms with Gasteiger partial charge in [0.2, 0.25) is 5.43 Å². The number of nitrogens with zero attached hydrogens (tertiary/aromatic N) is 5. The Hall–Kier alpha value is -3.52. The van der Waals surface area contributed by atoms with E-state index in [2.05, 4.69) is 33.5 Å². The van der Waals surface area contributed by atoms with Crippen LogP contribution < -0.4 is 15.6 Å². The quantitative estimate of drug-likeness (QED) is 0.491. The SMILES string of the molecule is O=c1ccn(C2CCN(c3ccc4c(c3)SCN4)CC2)nc1-c1ccnn1-c1ccccc1. The fraction of sp³-hybridized carbons (Fsp3) is 0.240. The normalized spacial score (nSPS) is 15.9. The molecule has 1 N–H and O–H groups in total. The van der Waals surface area contributed by atoms with E-state index < -0.39 is 0 Å². The number of rotatable bonds is 4. The lowest BCUT2D eigenvalue weighted by molar-refractivity contribution is 0.362. The van der Waals surface area contributed by atoms with Crippen LogP contribution in [0.15, 0.2) is 82.7 Å². The highest BCUT2D eigenvalue weighted by Gasteiger charge is 2.23. The summed E-state index contributed by atoms with van der Waals surface area (Å²) in [5.74, 6) is 0.949. The number of fused-ring (bicyclic) bond motifs is 1. The first-order valence-corrected chi connectivity index (χ1v) is 12.2. The van der Waals surface area contributed by atoms with Gasteiger partial charge < -0.3 is 10.2 Å². The Morgan fingerprint density at radius 1 is 0.970 bits per heavy atom. The van der Waals surface area contributed by atoms with Gasteiger partial charge in [-0.1, -0.05) is 18.2 Å². The smallest absolute Gasteiger partial charge is 0.209 e. The number of thioether (sulfide) groups is 1. The Kier molecular flexibility index (Phi) is 5.14. The van der Waals surface area contributed by atoms with Crippen molar-refractivity contribution in [1.82, 2.24) is 19.6 Å². The van der Waals surface area contributed by atoms with Gasteiger partial charge in [-0.3, -0.25) is 9.48 Å². The zero-order chi connectivity index (χ0) is 22.2. The summed E-state index contributed by atoms with van der Waals surface area (Å²) in [4.78, 5) is 16.5. The van der Waals surface area contributed by atoms with Crippen molar-refractivity contribution in [2.75, 3.05) is 29.2 Å². The van der Waals surface area contributed by atoms with Crippen LogP contribution in [0.2, 0.25) is 0 Å². The molecule has 4 aromatic rings. The zero-order valence-electron chi connectivity index (χ0n) is 18.1. The molecule has 0 radical (unpaired) electrons. The maximum absolute atomic E-state index is 12.7. The van der Waals surface area contributed by atoms with Crippen molar-refractivity contribution in [3.63, 3.8) is 0 Å². The van der Waals surface area contributed by atoms with Gasteiger partial charge in [-0.25, -0.2) is 4.68 Å². The number of hydrogen-bond donors (Lipinski definition) is 1.